The molecule has 0 aromatic heterocycles. The van der Waals surface area contributed by atoms with E-state index in [1.165, 1.54) is 12.0 Å². The molecule has 0 saturated carbocycles. The van der Waals surface area contributed by atoms with Crippen LogP contribution in [-0.2, 0) is 14.3 Å². The topological polar surface area (TPSA) is 78.9 Å². The lowest BCUT2D eigenvalue weighted by Gasteiger charge is -2.17. The third-order valence-corrected chi connectivity index (χ3v) is 5.19. The van der Waals surface area contributed by atoms with Crippen molar-refractivity contribution < 1.29 is 19.4 Å². The molecular weight excluding hydrogens is 456 g/mol. The number of rotatable bonds is 6. The van der Waals surface area contributed by atoms with Crippen LogP contribution in [0.5, 0.6) is 0 Å². The number of carbonyl (C=O) groups is 2. The van der Waals surface area contributed by atoms with E-state index in [9.17, 15) is 9.59 Å². The number of amides is 1. The Hall–Kier alpha value is -1.38. The smallest absolute Gasteiger partial charge is 0.337 e. The number of carbonyl (C=O) groups excluding carboxylic acids is 2. The molecule has 1 aromatic rings. The van der Waals surface area contributed by atoms with Gasteiger partial charge in [-0.05, 0) is 55.5 Å². The van der Waals surface area contributed by atoms with Gasteiger partial charge in [-0.25, -0.2) is 4.79 Å². The van der Waals surface area contributed by atoms with Crippen molar-refractivity contribution in [1.82, 2.24) is 4.90 Å². The molecule has 0 fully saturated rings. The summed E-state index contributed by atoms with van der Waals surface area (Å²) in [6.07, 6.45) is 0. The Labute approximate surface area is 163 Å². The molecule has 1 aliphatic rings. The molecule has 0 saturated heterocycles. The lowest BCUT2D eigenvalue weighted by Crippen LogP contribution is -2.31. The van der Waals surface area contributed by atoms with E-state index in [1.807, 2.05) is 12.1 Å². The monoisotopic (exact) mass is 474 g/mol. The highest BCUT2D eigenvalue weighted by atomic mass is 79.9. The SMILES string of the molecule is COC(=O)C1=C(Nc2c(Br)cc(C(C)C)cc2Br)C(=O)N(CCO)C1. The number of anilines is 1. The number of benzene rings is 1. The maximum absolute atomic E-state index is 12.6. The normalized spacial score (nSPS) is 14.5. The Morgan fingerprint density at radius 1 is 1.36 bits per heavy atom. The molecule has 0 aliphatic carbocycles. The Bertz CT molecular complexity index is 708. The molecule has 2 rings (SSSR count). The van der Waals surface area contributed by atoms with Gasteiger partial charge in [-0.2, -0.15) is 0 Å². The van der Waals surface area contributed by atoms with Gasteiger partial charge in [0.1, 0.15) is 5.70 Å². The van der Waals surface area contributed by atoms with Gasteiger partial charge in [0.05, 0.1) is 31.5 Å². The third kappa shape index (κ3) is 4.24. The fraction of sp³-hybridized carbons (Fsp3) is 0.412. The molecule has 6 nitrogen and oxygen atoms in total. The first-order valence-corrected chi connectivity index (χ1v) is 9.36. The number of nitrogens with zero attached hydrogens (tertiary/aromatic N) is 1. The number of β-amino-alcohol motifs (C(OH)–C–C–N with tert-alkyl or cyclic N) is 1. The quantitative estimate of drug-likeness (QED) is 0.618. The first-order valence-electron chi connectivity index (χ1n) is 7.77. The van der Waals surface area contributed by atoms with Crippen molar-refractivity contribution >= 4 is 49.4 Å². The zero-order valence-corrected chi connectivity index (χ0v) is 17.4. The number of aliphatic hydroxyl groups excluding tert-OH is 1. The average molecular weight is 476 g/mol. The average Bonchev–Trinajstić information content (AvgIpc) is 2.86. The summed E-state index contributed by atoms with van der Waals surface area (Å²) in [5.41, 5.74) is 2.19. The van der Waals surface area contributed by atoms with E-state index in [0.29, 0.717) is 11.6 Å². The predicted molar refractivity (Wildman–Crippen MR) is 102 cm³/mol. The molecule has 8 heteroatoms. The lowest BCUT2D eigenvalue weighted by molar-refractivity contribution is -0.136. The summed E-state index contributed by atoms with van der Waals surface area (Å²) in [6, 6.07) is 3.95. The van der Waals surface area contributed by atoms with Crippen LogP contribution < -0.4 is 5.32 Å². The minimum absolute atomic E-state index is 0.105. The van der Waals surface area contributed by atoms with Crippen LogP contribution in [0.25, 0.3) is 0 Å². The Morgan fingerprint density at radius 3 is 2.44 bits per heavy atom. The Morgan fingerprint density at radius 2 is 1.96 bits per heavy atom. The maximum atomic E-state index is 12.6. The van der Waals surface area contributed by atoms with Gasteiger partial charge < -0.3 is 20.1 Å². The summed E-state index contributed by atoms with van der Waals surface area (Å²) in [6.45, 7) is 4.26. The molecule has 1 aromatic carbocycles. The number of aliphatic hydroxyl groups is 1. The van der Waals surface area contributed by atoms with E-state index in [0.717, 1.165) is 14.5 Å². The number of hydrogen-bond donors (Lipinski definition) is 2. The lowest BCUT2D eigenvalue weighted by atomic mass is 10.0. The minimum atomic E-state index is -0.567. The van der Waals surface area contributed by atoms with E-state index in [-0.39, 0.29) is 36.9 Å². The maximum Gasteiger partial charge on any atom is 0.337 e. The second-order valence-electron chi connectivity index (χ2n) is 5.93. The van der Waals surface area contributed by atoms with Gasteiger partial charge in [0, 0.05) is 15.5 Å². The van der Waals surface area contributed by atoms with Crippen molar-refractivity contribution in [1.29, 1.82) is 0 Å². The van der Waals surface area contributed by atoms with E-state index in [1.54, 1.807) is 0 Å². The largest absolute Gasteiger partial charge is 0.466 e. The molecule has 0 bridgehead atoms. The van der Waals surface area contributed by atoms with Gasteiger partial charge in [0.15, 0.2) is 0 Å². The molecule has 0 unspecified atom stereocenters. The van der Waals surface area contributed by atoms with Crippen molar-refractivity contribution in [3.63, 3.8) is 0 Å². The van der Waals surface area contributed by atoms with Crippen LogP contribution in [0.3, 0.4) is 0 Å². The molecule has 136 valence electrons. The summed E-state index contributed by atoms with van der Waals surface area (Å²) in [4.78, 5) is 26.0. The zero-order chi connectivity index (χ0) is 18.7. The summed E-state index contributed by atoms with van der Waals surface area (Å²) < 4.78 is 6.33. The summed E-state index contributed by atoms with van der Waals surface area (Å²) >= 11 is 7.03. The van der Waals surface area contributed by atoms with E-state index < -0.39 is 5.97 Å². The van der Waals surface area contributed by atoms with E-state index in [2.05, 4.69) is 51.0 Å². The second-order valence-corrected chi connectivity index (χ2v) is 7.64. The molecule has 1 amide bonds. The van der Waals surface area contributed by atoms with Crippen LogP contribution >= 0.6 is 31.9 Å². The third-order valence-electron chi connectivity index (χ3n) is 3.93. The van der Waals surface area contributed by atoms with Gasteiger partial charge >= 0.3 is 5.97 Å². The van der Waals surface area contributed by atoms with Gasteiger partial charge in [-0.15, -0.1) is 0 Å². The van der Waals surface area contributed by atoms with E-state index in [4.69, 9.17) is 9.84 Å². The molecule has 1 heterocycles. The fourth-order valence-corrected chi connectivity index (χ4v) is 3.94. The van der Waals surface area contributed by atoms with Gasteiger partial charge in [0.25, 0.3) is 5.91 Å². The first-order chi connectivity index (χ1) is 11.8. The highest BCUT2D eigenvalue weighted by Gasteiger charge is 2.35. The number of hydrogen-bond acceptors (Lipinski definition) is 5. The number of ether oxygens (including phenoxy) is 1. The molecule has 25 heavy (non-hydrogen) atoms. The van der Waals surface area contributed by atoms with Crippen LogP contribution in [0.1, 0.15) is 25.3 Å². The number of methoxy groups -OCH3 is 1. The second kappa shape index (κ2) is 8.33. The van der Waals surface area contributed by atoms with Crippen LogP contribution in [0.4, 0.5) is 5.69 Å². The highest BCUT2D eigenvalue weighted by molar-refractivity contribution is 9.11. The zero-order valence-electron chi connectivity index (χ0n) is 14.2. The van der Waals surface area contributed by atoms with Crippen LogP contribution in [-0.4, -0.2) is 48.7 Å². The van der Waals surface area contributed by atoms with Crippen LogP contribution in [0.15, 0.2) is 32.3 Å². The first kappa shape index (κ1) is 19.9. The molecule has 0 radical (unpaired) electrons. The van der Waals surface area contributed by atoms with Crippen LogP contribution in [0.2, 0.25) is 0 Å². The van der Waals surface area contributed by atoms with Gasteiger partial charge in [-0.1, -0.05) is 13.8 Å². The number of halogens is 2. The van der Waals surface area contributed by atoms with Crippen molar-refractivity contribution in [3.05, 3.63) is 37.9 Å². The Balaban J connectivity index is 2.42. The Kier molecular flexibility index (Phi) is 6.65. The van der Waals surface area contributed by atoms with Crippen molar-refractivity contribution in [2.24, 2.45) is 0 Å². The van der Waals surface area contributed by atoms with Crippen molar-refractivity contribution in [3.8, 4) is 0 Å². The van der Waals surface area contributed by atoms with Crippen molar-refractivity contribution in [2.75, 3.05) is 32.1 Å². The standard InChI is InChI=1S/C17H20Br2N2O4/c1-9(2)10-6-12(18)15(13(19)7-10)20-14-11(17(24)25-3)8-21(4-5-22)16(14)23/h6-7,9,20,22H,4-5,8H2,1-3H3. The minimum Gasteiger partial charge on any atom is -0.466 e. The van der Waals surface area contributed by atoms with Gasteiger partial charge in [-0.3, -0.25) is 4.79 Å². The molecule has 0 spiro atoms. The number of nitrogens with one attached hydrogen (secondary N) is 1. The van der Waals surface area contributed by atoms with Crippen LogP contribution in [0, 0.1) is 0 Å². The van der Waals surface area contributed by atoms with E-state index >= 15 is 0 Å². The molecule has 1 aliphatic heterocycles. The summed E-state index contributed by atoms with van der Waals surface area (Å²) in [5.74, 6) is -0.567. The fourth-order valence-electron chi connectivity index (χ4n) is 2.52. The predicted octanol–water partition coefficient (Wildman–Crippen LogP) is 3.01. The summed E-state index contributed by atoms with van der Waals surface area (Å²) in [5, 5.41) is 12.2. The molecular formula is C17H20Br2N2O4. The van der Waals surface area contributed by atoms with Gasteiger partial charge in [0.2, 0.25) is 0 Å². The van der Waals surface area contributed by atoms with Crippen molar-refractivity contribution in [2.45, 2.75) is 19.8 Å². The molecule has 0 atom stereocenters. The summed E-state index contributed by atoms with van der Waals surface area (Å²) in [7, 11) is 1.27. The highest BCUT2D eigenvalue weighted by Crippen LogP contribution is 2.36. The molecule has 2 N–H and O–H groups in total. The number of esters is 1.